The molecule has 168 valence electrons. The minimum absolute atomic E-state index is 0.0254. The van der Waals surface area contributed by atoms with Crippen molar-refractivity contribution in [1.82, 2.24) is 20.1 Å². The molecule has 2 aliphatic rings. The average molecular weight is 435 g/mol. The topological polar surface area (TPSA) is 82.6 Å². The van der Waals surface area contributed by atoms with Gasteiger partial charge in [0.1, 0.15) is 6.04 Å². The summed E-state index contributed by atoms with van der Waals surface area (Å²) in [5, 5.41) is 2.76. The summed E-state index contributed by atoms with van der Waals surface area (Å²) in [6.07, 6.45) is 6.42. The number of nitrogens with one attached hydrogen (secondary N) is 1. The van der Waals surface area contributed by atoms with E-state index in [1.54, 1.807) is 25.2 Å². The second-order valence-corrected chi connectivity index (χ2v) is 9.08. The Labute approximate surface area is 188 Å². The van der Waals surface area contributed by atoms with Gasteiger partial charge >= 0.3 is 0 Å². The van der Waals surface area contributed by atoms with Gasteiger partial charge in [-0.05, 0) is 48.4 Å². The quantitative estimate of drug-likeness (QED) is 0.783. The molecule has 4 rings (SSSR count). The van der Waals surface area contributed by atoms with Crippen molar-refractivity contribution in [2.45, 2.75) is 38.1 Å². The minimum atomic E-state index is -0.533. The van der Waals surface area contributed by atoms with Crippen LogP contribution in [0.4, 0.5) is 0 Å². The van der Waals surface area contributed by atoms with Crippen molar-refractivity contribution in [3.8, 4) is 11.1 Å². The summed E-state index contributed by atoms with van der Waals surface area (Å²) < 4.78 is 0. The van der Waals surface area contributed by atoms with E-state index in [4.69, 9.17) is 0 Å². The fraction of sp³-hybridized carbons (Fsp3) is 0.440. The maximum absolute atomic E-state index is 13.2. The van der Waals surface area contributed by atoms with Crippen LogP contribution in [0.1, 0.15) is 31.2 Å². The molecule has 3 amide bonds. The number of carbonyl (C=O) groups is 3. The molecule has 1 atom stereocenters. The molecular formula is C25H30N4O3. The molecule has 0 bridgehead atoms. The molecule has 0 radical (unpaired) electrons. The van der Waals surface area contributed by atoms with Crippen LogP contribution in [0.5, 0.6) is 0 Å². The molecule has 0 aliphatic carbocycles. The van der Waals surface area contributed by atoms with Crippen LogP contribution < -0.4 is 5.32 Å². The first kappa shape index (κ1) is 22.0. The second-order valence-electron chi connectivity index (χ2n) is 9.08. The molecule has 2 saturated heterocycles. The number of hydrogen-bond donors (Lipinski definition) is 1. The van der Waals surface area contributed by atoms with Crippen molar-refractivity contribution in [2.75, 3.05) is 27.2 Å². The summed E-state index contributed by atoms with van der Waals surface area (Å²) in [4.78, 5) is 45.2. The highest BCUT2D eigenvalue weighted by atomic mass is 16.2. The highest BCUT2D eigenvalue weighted by Gasteiger charge is 2.44. The monoisotopic (exact) mass is 434 g/mol. The molecule has 1 N–H and O–H groups in total. The zero-order valence-corrected chi connectivity index (χ0v) is 18.7. The number of piperidine rings is 1. The first-order chi connectivity index (χ1) is 15.4. The van der Waals surface area contributed by atoms with Gasteiger partial charge < -0.3 is 15.1 Å². The minimum Gasteiger partial charge on any atom is -0.348 e. The molecule has 0 saturated carbocycles. The second kappa shape index (κ2) is 9.10. The van der Waals surface area contributed by atoms with Gasteiger partial charge in [-0.25, -0.2) is 0 Å². The van der Waals surface area contributed by atoms with E-state index in [9.17, 15) is 14.4 Å². The van der Waals surface area contributed by atoms with E-state index in [1.165, 1.54) is 0 Å². The molecule has 2 fully saturated rings. The maximum Gasteiger partial charge on any atom is 0.245 e. The lowest BCUT2D eigenvalue weighted by Gasteiger charge is -2.42. The van der Waals surface area contributed by atoms with Gasteiger partial charge in [0.25, 0.3) is 0 Å². The molecule has 0 spiro atoms. The number of amides is 3. The molecule has 3 heterocycles. The number of carbonyl (C=O) groups excluding carboxylic acids is 3. The van der Waals surface area contributed by atoms with Crippen LogP contribution in [0.2, 0.25) is 0 Å². The Morgan fingerprint density at radius 3 is 2.41 bits per heavy atom. The molecule has 1 unspecified atom stereocenters. The first-order valence-corrected chi connectivity index (χ1v) is 11.2. The Morgan fingerprint density at radius 1 is 1.12 bits per heavy atom. The third-order valence-electron chi connectivity index (χ3n) is 6.68. The van der Waals surface area contributed by atoms with Gasteiger partial charge in [0.05, 0.1) is 5.41 Å². The number of likely N-dealkylation sites (tertiary alicyclic amines) is 1. The lowest BCUT2D eigenvalue weighted by atomic mass is 9.72. The third kappa shape index (κ3) is 4.52. The van der Waals surface area contributed by atoms with Crippen LogP contribution in [-0.4, -0.2) is 65.7 Å². The van der Waals surface area contributed by atoms with Crippen molar-refractivity contribution in [2.24, 2.45) is 5.41 Å². The van der Waals surface area contributed by atoms with Gasteiger partial charge in [0.2, 0.25) is 17.7 Å². The van der Waals surface area contributed by atoms with Crippen LogP contribution in [0.25, 0.3) is 11.1 Å². The zero-order chi connectivity index (χ0) is 22.7. The van der Waals surface area contributed by atoms with Crippen molar-refractivity contribution in [3.63, 3.8) is 0 Å². The molecule has 1 aromatic carbocycles. The molecule has 7 nitrogen and oxygen atoms in total. The van der Waals surface area contributed by atoms with Gasteiger partial charge in [0.15, 0.2) is 0 Å². The summed E-state index contributed by atoms with van der Waals surface area (Å²) in [5.74, 6) is 0.0184. The van der Waals surface area contributed by atoms with E-state index in [0.29, 0.717) is 45.2 Å². The normalized spacial score (nSPS) is 20.0. The summed E-state index contributed by atoms with van der Waals surface area (Å²) in [7, 11) is 3.59. The molecule has 7 heteroatoms. The maximum atomic E-state index is 13.2. The standard InChI is InChI=1S/C25H30N4O3/c1-28(2)24(32)25(11-14-29(15-12-25)23(31)21-9-10-22(30)27-21)16-18-5-7-19(8-6-18)20-4-3-13-26-17-20/h3-8,13,17,21H,9-12,14-16H2,1-2H3,(H,27,30). The van der Waals surface area contributed by atoms with E-state index in [0.717, 1.165) is 16.7 Å². The number of benzene rings is 1. The number of nitrogens with zero attached hydrogens (tertiary/aromatic N) is 3. The van der Waals surface area contributed by atoms with E-state index in [1.807, 2.05) is 23.2 Å². The zero-order valence-electron chi connectivity index (χ0n) is 18.7. The highest BCUT2D eigenvalue weighted by molar-refractivity contribution is 5.91. The lowest BCUT2D eigenvalue weighted by molar-refractivity contribution is -0.147. The van der Waals surface area contributed by atoms with Crippen molar-refractivity contribution in [3.05, 3.63) is 54.4 Å². The predicted octanol–water partition coefficient (Wildman–Crippen LogP) is 2.27. The predicted molar refractivity (Wildman–Crippen MR) is 121 cm³/mol. The van der Waals surface area contributed by atoms with E-state index in [-0.39, 0.29) is 17.7 Å². The Bertz CT molecular complexity index is 980. The SMILES string of the molecule is CN(C)C(=O)C1(Cc2ccc(-c3cccnc3)cc2)CCN(C(=O)C2CCC(=O)N2)CC1. The van der Waals surface area contributed by atoms with Crippen molar-refractivity contribution < 1.29 is 14.4 Å². The first-order valence-electron chi connectivity index (χ1n) is 11.2. The van der Waals surface area contributed by atoms with Crippen molar-refractivity contribution in [1.29, 1.82) is 0 Å². The van der Waals surface area contributed by atoms with Gasteiger partial charge in [-0.15, -0.1) is 0 Å². The number of aromatic nitrogens is 1. The Kier molecular flexibility index (Phi) is 6.26. The third-order valence-corrected chi connectivity index (χ3v) is 6.68. The van der Waals surface area contributed by atoms with Crippen LogP contribution >= 0.6 is 0 Å². The number of pyridine rings is 1. The van der Waals surface area contributed by atoms with Gasteiger partial charge in [0, 0.05) is 46.0 Å². The van der Waals surface area contributed by atoms with Gasteiger partial charge in [-0.2, -0.15) is 0 Å². The van der Waals surface area contributed by atoms with E-state index < -0.39 is 11.5 Å². The molecular weight excluding hydrogens is 404 g/mol. The van der Waals surface area contributed by atoms with E-state index in [2.05, 4.69) is 34.6 Å². The van der Waals surface area contributed by atoms with E-state index >= 15 is 0 Å². The summed E-state index contributed by atoms with van der Waals surface area (Å²) in [6, 6.07) is 11.8. The van der Waals surface area contributed by atoms with Gasteiger partial charge in [-0.3, -0.25) is 19.4 Å². The highest BCUT2D eigenvalue weighted by Crippen LogP contribution is 2.37. The van der Waals surface area contributed by atoms with Crippen LogP contribution in [0, 0.1) is 5.41 Å². The smallest absolute Gasteiger partial charge is 0.245 e. The van der Waals surface area contributed by atoms with Crippen molar-refractivity contribution >= 4 is 17.7 Å². The fourth-order valence-electron chi connectivity index (χ4n) is 4.85. The van der Waals surface area contributed by atoms with Crippen LogP contribution in [0.15, 0.2) is 48.8 Å². The Hall–Kier alpha value is -3.22. The fourth-order valence-corrected chi connectivity index (χ4v) is 4.85. The largest absolute Gasteiger partial charge is 0.348 e. The van der Waals surface area contributed by atoms with Crippen LogP contribution in [0.3, 0.4) is 0 Å². The Morgan fingerprint density at radius 2 is 1.84 bits per heavy atom. The average Bonchev–Trinajstić information content (AvgIpc) is 3.26. The molecule has 1 aromatic heterocycles. The van der Waals surface area contributed by atoms with Crippen LogP contribution in [-0.2, 0) is 20.8 Å². The Balaban J connectivity index is 1.48. The molecule has 32 heavy (non-hydrogen) atoms. The summed E-state index contributed by atoms with van der Waals surface area (Å²) in [5.41, 5.74) is 2.73. The van der Waals surface area contributed by atoms with Gasteiger partial charge in [-0.1, -0.05) is 30.3 Å². The molecule has 2 aromatic rings. The number of rotatable bonds is 5. The number of hydrogen-bond acceptors (Lipinski definition) is 4. The lowest BCUT2D eigenvalue weighted by Crippen LogP contribution is -2.53. The molecule has 2 aliphatic heterocycles. The summed E-state index contributed by atoms with van der Waals surface area (Å²) >= 11 is 0. The summed E-state index contributed by atoms with van der Waals surface area (Å²) in [6.45, 7) is 1.05.